The summed E-state index contributed by atoms with van der Waals surface area (Å²) in [6, 6.07) is 6.87. The molecule has 1 unspecified atom stereocenters. The average Bonchev–Trinajstić information content (AvgIpc) is 3.00. The summed E-state index contributed by atoms with van der Waals surface area (Å²) in [4.78, 5) is 8.32. The van der Waals surface area contributed by atoms with E-state index in [0.717, 1.165) is 13.0 Å². The number of aromatic nitrogens is 2. The minimum Gasteiger partial charge on any atom is -0.489 e. The van der Waals surface area contributed by atoms with Gasteiger partial charge in [-0.2, -0.15) is 0 Å². The Morgan fingerprint density at radius 2 is 2.05 bits per heavy atom. The van der Waals surface area contributed by atoms with Crippen LogP contribution in [0.25, 0.3) is 11.4 Å². The predicted molar refractivity (Wildman–Crippen MR) is 73.9 cm³/mol. The second-order valence-electron chi connectivity index (χ2n) is 4.83. The first-order valence-corrected chi connectivity index (χ1v) is 6.76. The number of benzene rings is 1. The van der Waals surface area contributed by atoms with E-state index >= 15 is 0 Å². The van der Waals surface area contributed by atoms with E-state index in [2.05, 4.69) is 15.3 Å². The van der Waals surface area contributed by atoms with Gasteiger partial charge < -0.3 is 10.1 Å². The van der Waals surface area contributed by atoms with Crippen molar-refractivity contribution in [2.75, 3.05) is 13.2 Å². The number of hydrogen-bond acceptors (Lipinski definition) is 4. The van der Waals surface area contributed by atoms with E-state index in [0.29, 0.717) is 29.8 Å². The van der Waals surface area contributed by atoms with Crippen LogP contribution in [0.15, 0.2) is 36.7 Å². The maximum atomic E-state index is 13.6. The molecule has 1 aromatic carbocycles. The van der Waals surface area contributed by atoms with Gasteiger partial charge in [0.2, 0.25) is 0 Å². The van der Waals surface area contributed by atoms with Gasteiger partial charge in [-0.1, -0.05) is 12.1 Å². The molecular weight excluding hydrogens is 257 g/mol. The molecule has 5 heteroatoms. The van der Waals surface area contributed by atoms with E-state index < -0.39 is 0 Å². The highest BCUT2D eigenvalue weighted by molar-refractivity contribution is 5.55. The summed E-state index contributed by atoms with van der Waals surface area (Å²) < 4.78 is 19.2. The van der Waals surface area contributed by atoms with E-state index in [-0.39, 0.29) is 5.82 Å². The lowest BCUT2D eigenvalue weighted by molar-refractivity contribution is 0.275. The Bertz CT molecular complexity index is 568. The molecule has 0 radical (unpaired) electrons. The number of halogens is 1. The summed E-state index contributed by atoms with van der Waals surface area (Å²) in [6.07, 6.45) is 5.50. The molecule has 20 heavy (non-hydrogen) atoms. The van der Waals surface area contributed by atoms with Crippen LogP contribution in [0.2, 0.25) is 0 Å². The van der Waals surface area contributed by atoms with Gasteiger partial charge in [-0.15, -0.1) is 0 Å². The molecule has 1 aliphatic rings. The van der Waals surface area contributed by atoms with Crippen molar-refractivity contribution in [1.82, 2.24) is 15.3 Å². The normalized spacial score (nSPS) is 18.1. The van der Waals surface area contributed by atoms with E-state index in [1.165, 1.54) is 12.5 Å². The van der Waals surface area contributed by atoms with Gasteiger partial charge >= 0.3 is 0 Å². The summed E-state index contributed by atoms with van der Waals surface area (Å²) in [5.41, 5.74) is 0.400. The Balaban J connectivity index is 1.66. The summed E-state index contributed by atoms with van der Waals surface area (Å²) in [6.45, 7) is 1.67. The van der Waals surface area contributed by atoms with Gasteiger partial charge in [0.05, 0.1) is 18.0 Å². The highest BCUT2D eigenvalue weighted by Crippen LogP contribution is 2.19. The van der Waals surface area contributed by atoms with Crippen molar-refractivity contribution >= 4 is 0 Å². The van der Waals surface area contributed by atoms with Crippen LogP contribution in [0.5, 0.6) is 5.75 Å². The van der Waals surface area contributed by atoms with Crippen LogP contribution < -0.4 is 10.1 Å². The van der Waals surface area contributed by atoms with Gasteiger partial charge in [0.25, 0.3) is 0 Å². The Hall–Kier alpha value is -2.01. The first-order valence-electron chi connectivity index (χ1n) is 6.76. The molecule has 1 aliphatic heterocycles. The number of hydrogen-bond donors (Lipinski definition) is 1. The van der Waals surface area contributed by atoms with Crippen molar-refractivity contribution in [3.63, 3.8) is 0 Å². The Kier molecular flexibility index (Phi) is 3.87. The molecule has 0 bridgehead atoms. The minimum absolute atomic E-state index is 0.323. The third kappa shape index (κ3) is 2.93. The Morgan fingerprint density at radius 1 is 1.25 bits per heavy atom. The average molecular weight is 273 g/mol. The third-order valence-electron chi connectivity index (χ3n) is 3.36. The minimum atomic E-state index is -0.323. The van der Waals surface area contributed by atoms with Gasteiger partial charge in [0, 0.05) is 6.04 Å². The molecule has 0 spiro atoms. The number of nitrogens with one attached hydrogen (secondary N) is 1. The zero-order valence-electron chi connectivity index (χ0n) is 11.1. The third-order valence-corrected chi connectivity index (χ3v) is 3.36. The molecule has 0 amide bonds. The van der Waals surface area contributed by atoms with Crippen LogP contribution in [0.4, 0.5) is 4.39 Å². The van der Waals surface area contributed by atoms with Crippen molar-refractivity contribution in [2.24, 2.45) is 0 Å². The van der Waals surface area contributed by atoms with E-state index in [1.54, 1.807) is 30.6 Å². The Morgan fingerprint density at radius 3 is 2.75 bits per heavy atom. The highest BCUT2D eigenvalue weighted by atomic mass is 19.1. The van der Waals surface area contributed by atoms with Crippen molar-refractivity contribution in [3.8, 4) is 17.1 Å². The summed E-state index contributed by atoms with van der Waals surface area (Å²) in [5, 5.41) is 3.36. The van der Waals surface area contributed by atoms with Crippen LogP contribution >= 0.6 is 0 Å². The van der Waals surface area contributed by atoms with Crippen LogP contribution in [-0.4, -0.2) is 29.2 Å². The van der Waals surface area contributed by atoms with Crippen LogP contribution in [-0.2, 0) is 0 Å². The number of rotatable bonds is 4. The first kappa shape index (κ1) is 13.0. The van der Waals surface area contributed by atoms with Crippen LogP contribution in [0.3, 0.4) is 0 Å². The van der Waals surface area contributed by atoms with Crippen molar-refractivity contribution in [1.29, 1.82) is 0 Å². The van der Waals surface area contributed by atoms with E-state index in [9.17, 15) is 4.39 Å². The summed E-state index contributed by atoms with van der Waals surface area (Å²) in [5.74, 6) is 0.657. The van der Waals surface area contributed by atoms with Gasteiger partial charge in [-0.3, -0.25) is 0 Å². The van der Waals surface area contributed by atoms with Gasteiger partial charge in [-0.05, 0) is 31.5 Å². The standard InChI is InChI=1S/C15H16FN3O/c16-14-6-2-1-5-13(14)15-18-8-12(9-19-15)20-10-11-4-3-7-17-11/h1-2,5-6,8-9,11,17H,3-4,7,10H2. The van der Waals surface area contributed by atoms with Gasteiger partial charge in [0.15, 0.2) is 11.6 Å². The van der Waals surface area contributed by atoms with Crippen molar-refractivity contribution in [3.05, 3.63) is 42.5 Å². The number of nitrogens with zero attached hydrogens (tertiary/aromatic N) is 2. The topological polar surface area (TPSA) is 47.0 Å². The second kappa shape index (κ2) is 5.96. The first-order chi connectivity index (χ1) is 9.83. The Labute approximate surface area is 117 Å². The molecule has 4 nitrogen and oxygen atoms in total. The summed E-state index contributed by atoms with van der Waals surface area (Å²) in [7, 11) is 0. The predicted octanol–water partition coefficient (Wildman–Crippen LogP) is 2.41. The molecule has 0 saturated carbocycles. The zero-order chi connectivity index (χ0) is 13.8. The number of ether oxygens (including phenoxy) is 1. The fraction of sp³-hybridized carbons (Fsp3) is 0.333. The largest absolute Gasteiger partial charge is 0.489 e. The molecule has 1 aromatic heterocycles. The maximum absolute atomic E-state index is 13.6. The molecule has 1 N–H and O–H groups in total. The fourth-order valence-corrected chi connectivity index (χ4v) is 2.27. The molecule has 0 aliphatic carbocycles. The molecular formula is C15H16FN3O. The molecule has 3 rings (SSSR count). The fourth-order valence-electron chi connectivity index (χ4n) is 2.27. The molecule has 1 fully saturated rings. The van der Waals surface area contributed by atoms with Crippen molar-refractivity contribution < 1.29 is 9.13 Å². The SMILES string of the molecule is Fc1ccccc1-c1ncc(OCC2CCCN2)cn1. The van der Waals surface area contributed by atoms with Gasteiger partial charge in [0.1, 0.15) is 12.4 Å². The molecule has 2 aromatic rings. The van der Waals surface area contributed by atoms with Crippen LogP contribution in [0.1, 0.15) is 12.8 Å². The van der Waals surface area contributed by atoms with Crippen molar-refractivity contribution in [2.45, 2.75) is 18.9 Å². The van der Waals surface area contributed by atoms with Gasteiger partial charge in [-0.25, -0.2) is 14.4 Å². The molecule has 1 atom stereocenters. The van der Waals surface area contributed by atoms with E-state index in [4.69, 9.17) is 4.74 Å². The van der Waals surface area contributed by atoms with Crippen LogP contribution in [0, 0.1) is 5.82 Å². The molecule has 2 heterocycles. The lowest BCUT2D eigenvalue weighted by Gasteiger charge is -2.11. The second-order valence-corrected chi connectivity index (χ2v) is 4.83. The lowest BCUT2D eigenvalue weighted by Crippen LogP contribution is -2.28. The highest BCUT2D eigenvalue weighted by Gasteiger charge is 2.14. The summed E-state index contributed by atoms with van der Waals surface area (Å²) >= 11 is 0. The quantitative estimate of drug-likeness (QED) is 0.929. The zero-order valence-corrected chi connectivity index (χ0v) is 11.1. The molecule has 1 saturated heterocycles. The van der Waals surface area contributed by atoms with E-state index in [1.807, 2.05) is 0 Å². The maximum Gasteiger partial charge on any atom is 0.162 e. The lowest BCUT2D eigenvalue weighted by atomic mass is 10.2. The smallest absolute Gasteiger partial charge is 0.162 e. The monoisotopic (exact) mass is 273 g/mol. The molecule has 104 valence electrons.